The van der Waals surface area contributed by atoms with Gasteiger partial charge < -0.3 is 19.2 Å². The van der Waals surface area contributed by atoms with E-state index in [4.69, 9.17) is 13.9 Å². The average Bonchev–Trinajstić information content (AvgIpc) is 2.78. The molecule has 34 heavy (non-hydrogen) atoms. The summed E-state index contributed by atoms with van der Waals surface area (Å²) in [6.45, 7) is 7.16. The van der Waals surface area contributed by atoms with Crippen LogP contribution in [0.4, 0.5) is 0 Å². The van der Waals surface area contributed by atoms with Gasteiger partial charge >= 0.3 is 11.9 Å². The molecule has 0 saturated heterocycles. The van der Waals surface area contributed by atoms with Crippen molar-refractivity contribution in [2.75, 3.05) is 13.7 Å². The minimum Gasteiger partial charge on any atom is -0.468 e. The summed E-state index contributed by atoms with van der Waals surface area (Å²) in [5.41, 5.74) is 2.47. The molecule has 0 unspecified atom stereocenters. The predicted molar refractivity (Wildman–Crippen MR) is 124 cm³/mol. The van der Waals surface area contributed by atoms with Crippen LogP contribution in [0.25, 0.3) is 11.0 Å². The number of allylic oxidation sites excluding steroid dienone is 3. The van der Waals surface area contributed by atoms with Crippen LogP contribution in [0, 0.1) is 18.8 Å². The molecule has 1 aliphatic heterocycles. The minimum atomic E-state index is -1.04. The van der Waals surface area contributed by atoms with Gasteiger partial charge in [-0.15, -0.1) is 0 Å². The number of esters is 2. The third-order valence-electron chi connectivity index (χ3n) is 6.50. The number of nitrogens with one attached hydrogen (secondary N) is 1. The van der Waals surface area contributed by atoms with Crippen LogP contribution in [0.5, 0.6) is 0 Å². The van der Waals surface area contributed by atoms with Gasteiger partial charge in [0.25, 0.3) is 0 Å². The van der Waals surface area contributed by atoms with Crippen molar-refractivity contribution in [1.82, 2.24) is 5.32 Å². The van der Waals surface area contributed by atoms with Gasteiger partial charge in [0.15, 0.2) is 11.2 Å². The molecule has 0 bridgehead atoms. The second kappa shape index (κ2) is 8.93. The Morgan fingerprint density at radius 1 is 1.21 bits per heavy atom. The van der Waals surface area contributed by atoms with Crippen molar-refractivity contribution in [1.29, 1.82) is 0 Å². The summed E-state index contributed by atoms with van der Waals surface area (Å²) in [6, 6.07) is 5.25. The first kappa shape index (κ1) is 23.5. The highest BCUT2D eigenvalue weighted by Gasteiger charge is 2.48. The molecule has 0 amide bonds. The molecule has 1 N–H and O–H groups in total. The third kappa shape index (κ3) is 3.73. The summed E-state index contributed by atoms with van der Waals surface area (Å²) in [4.78, 5) is 52.9. The zero-order valence-corrected chi connectivity index (χ0v) is 19.8. The number of carbonyl (C=O) groups is 3. The van der Waals surface area contributed by atoms with Gasteiger partial charge in [-0.1, -0.05) is 18.6 Å². The van der Waals surface area contributed by atoms with E-state index < -0.39 is 29.6 Å². The maximum Gasteiger partial charge on any atom is 0.336 e. The zero-order valence-electron chi connectivity index (χ0n) is 19.8. The van der Waals surface area contributed by atoms with E-state index in [1.54, 1.807) is 32.9 Å². The van der Waals surface area contributed by atoms with Gasteiger partial charge in [-0.3, -0.25) is 14.4 Å². The van der Waals surface area contributed by atoms with E-state index in [0.717, 1.165) is 5.56 Å². The molecule has 8 heteroatoms. The Labute approximate surface area is 196 Å². The van der Waals surface area contributed by atoms with Crippen molar-refractivity contribution in [3.8, 4) is 0 Å². The van der Waals surface area contributed by atoms with Crippen LogP contribution in [-0.2, 0) is 23.9 Å². The van der Waals surface area contributed by atoms with E-state index in [2.05, 4.69) is 5.32 Å². The number of hydrogen-bond acceptors (Lipinski definition) is 8. The molecule has 3 atom stereocenters. The summed E-state index contributed by atoms with van der Waals surface area (Å²) in [6.07, 6.45) is 1.67. The maximum absolute atomic E-state index is 13.7. The van der Waals surface area contributed by atoms with Gasteiger partial charge in [-0.25, -0.2) is 4.79 Å². The van der Waals surface area contributed by atoms with Gasteiger partial charge in [0.2, 0.25) is 0 Å². The van der Waals surface area contributed by atoms with E-state index in [1.165, 1.54) is 13.4 Å². The number of carbonyl (C=O) groups excluding carboxylic acids is 3. The van der Waals surface area contributed by atoms with Crippen LogP contribution in [0.2, 0.25) is 0 Å². The molecule has 2 aromatic rings. The largest absolute Gasteiger partial charge is 0.468 e. The van der Waals surface area contributed by atoms with Gasteiger partial charge in [0.1, 0.15) is 11.5 Å². The average molecular weight is 466 g/mol. The molecular weight excluding hydrogens is 438 g/mol. The van der Waals surface area contributed by atoms with Crippen LogP contribution in [0.3, 0.4) is 0 Å². The molecule has 0 fully saturated rings. The Morgan fingerprint density at radius 2 is 1.94 bits per heavy atom. The Balaban J connectivity index is 1.99. The molecule has 2 aliphatic rings. The fourth-order valence-corrected chi connectivity index (χ4v) is 4.93. The lowest BCUT2D eigenvalue weighted by molar-refractivity contribution is -0.151. The third-order valence-corrected chi connectivity index (χ3v) is 6.50. The second-order valence-electron chi connectivity index (χ2n) is 8.78. The number of ketones is 1. The van der Waals surface area contributed by atoms with E-state index in [-0.39, 0.29) is 34.7 Å². The van der Waals surface area contributed by atoms with E-state index in [1.807, 2.05) is 13.0 Å². The lowest BCUT2D eigenvalue weighted by Crippen LogP contribution is -2.44. The first-order valence-corrected chi connectivity index (χ1v) is 11.2. The normalized spacial score (nSPS) is 22.4. The molecule has 0 saturated carbocycles. The monoisotopic (exact) mass is 465 g/mol. The minimum absolute atomic E-state index is 0.121. The van der Waals surface area contributed by atoms with Crippen molar-refractivity contribution in [2.24, 2.45) is 11.8 Å². The zero-order chi connectivity index (χ0) is 24.7. The molecule has 178 valence electrons. The fourth-order valence-electron chi connectivity index (χ4n) is 4.93. The molecule has 8 nitrogen and oxygen atoms in total. The van der Waals surface area contributed by atoms with Crippen LogP contribution < -0.4 is 10.7 Å². The van der Waals surface area contributed by atoms with Gasteiger partial charge in [0.05, 0.1) is 36.9 Å². The highest BCUT2D eigenvalue weighted by atomic mass is 16.5. The molecule has 0 spiro atoms. The molecule has 0 radical (unpaired) electrons. The molecular formula is C26H27NO7. The lowest BCUT2D eigenvalue weighted by Gasteiger charge is -2.37. The Bertz CT molecular complexity index is 1330. The number of dihydropyridines is 1. The van der Waals surface area contributed by atoms with Crippen LogP contribution >= 0.6 is 0 Å². The Morgan fingerprint density at radius 3 is 2.62 bits per heavy atom. The number of methoxy groups -OCH3 is 1. The quantitative estimate of drug-likeness (QED) is 0.541. The summed E-state index contributed by atoms with van der Waals surface area (Å²) in [5, 5.41) is 3.51. The summed E-state index contributed by atoms with van der Waals surface area (Å²) in [5.74, 6) is -4.16. The Hall–Kier alpha value is -3.68. The first-order valence-electron chi connectivity index (χ1n) is 11.2. The lowest BCUT2D eigenvalue weighted by atomic mass is 9.69. The van der Waals surface area contributed by atoms with Crippen molar-refractivity contribution in [3.05, 3.63) is 68.4 Å². The molecule has 2 heterocycles. The van der Waals surface area contributed by atoms with Crippen LogP contribution in [-0.4, -0.2) is 31.4 Å². The van der Waals surface area contributed by atoms with Gasteiger partial charge in [-0.2, -0.15) is 0 Å². The highest BCUT2D eigenvalue weighted by Crippen LogP contribution is 2.45. The summed E-state index contributed by atoms with van der Waals surface area (Å²) < 4.78 is 15.9. The van der Waals surface area contributed by atoms with Crippen molar-refractivity contribution in [2.45, 2.75) is 40.0 Å². The van der Waals surface area contributed by atoms with Crippen molar-refractivity contribution < 1.29 is 28.3 Å². The first-order chi connectivity index (χ1) is 16.2. The smallest absolute Gasteiger partial charge is 0.336 e. The van der Waals surface area contributed by atoms with Gasteiger partial charge in [0, 0.05) is 22.5 Å². The second-order valence-corrected chi connectivity index (χ2v) is 8.78. The number of aryl methyl sites for hydroxylation is 1. The standard InChI is InChI=1S/C26H27NO7/c1-6-33-26(31)20-14(4)27-17-10-13(3)19(25(30)32-5)24(29)22(17)21(20)16-11-34-18-8-7-12(2)9-15(18)23(16)28/h7-9,11,13,19,21,27H,6,10H2,1-5H3/t13-,19+,21+/m1/s1. The number of rotatable bonds is 4. The maximum atomic E-state index is 13.7. The highest BCUT2D eigenvalue weighted by molar-refractivity contribution is 6.12. The van der Waals surface area contributed by atoms with Crippen molar-refractivity contribution >= 4 is 28.7 Å². The van der Waals surface area contributed by atoms with E-state index >= 15 is 0 Å². The molecule has 1 aliphatic carbocycles. The van der Waals surface area contributed by atoms with E-state index in [0.29, 0.717) is 28.8 Å². The molecule has 1 aromatic heterocycles. The molecule has 1 aromatic carbocycles. The molecule has 4 rings (SSSR count). The number of ether oxygens (including phenoxy) is 2. The Kier molecular flexibility index (Phi) is 6.17. The SMILES string of the molecule is CCOC(=O)C1=C(C)NC2=C(C(=O)[C@@H](C(=O)OC)[C@H](C)C2)[C@H]1c1coc2ccc(C)cc2c1=O. The number of benzene rings is 1. The van der Waals surface area contributed by atoms with Crippen molar-refractivity contribution in [3.63, 3.8) is 0 Å². The number of hydrogen-bond donors (Lipinski definition) is 1. The van der Waals surface area contributed by atoms with E-state index in [9.17, 15) is 19.2 Å². The predicted octanol–water partition coefficient (Wildman–Crippen LogP) is 3.28. The van der Waals surface area contributed by atoms with Gasteiger partial charge in [-0.05, 0) is 45.2 Å². The number of fused-ring (bicyclic) bond motifs is 1. The summed E-state index contributed by atoms with van der Waals surface area (Å²) in [7, 11) is 1.23. The fraction of sp³-hybridized carbons (Fsp3) is 0.385. The topological polar surface area (TPSA) is 112 Å². The van der Waals surface area contributed by atoms with Crippen LogP contribution in [0.1, 0.15) is 44.2 Å². The van der Waals surface area contributed by atoms with Crippen LogP contribution in [0.15, 0.2) is 56.2 Å². The summed E-state index contributed by atoms with van der Waals surface area (Å²) >= 11 is 0. The number of Topliss-reactive ketones (excluding diaryl/α,β-unsaturated/α-hetero) is 1.